The maximum absolute atomic E-state index is 11.1. The predicted molar refractivity (Wildman–Crippen MR) is 63.0 cm³/mol. The number of nitrogen functional groups attached to an aromatic ring is 1. The van der Waals surface area contributed by atoms with Gasteiger partial charge in [-0.25, -0.2) is 4.98 Å². The van der Waals surface area contributed by atoms with E-state index in [1.54, 1.807) is 6.07 Å². The third kappa shape index (κ3) is 2.24. The van der Waals surface area contributed by atoms with Crippen molar-refractivity contribution in [2.24, 2.45) is 11.7 Å². The van der Waals surface area contributed by atoms with Gasteiger partial charge in [-0.2, -0.15) is 0 Å². The number of rotatable bonds is 4. The van der Waals surface area contributed by atoms with Gasteiger partial charge in [0.1, 0.15) is 5.82 Å². The summed E-state index contributed by atoms with van der Waals surface area (Å²) < 4.78 is 0. The van der Waals surface area contributed by atoms with Gasteiger partial charge in [0.25, 0.3) is 5.91 Å². The van der Waals surface area contributed by atoms with Gasteiger partial charge in [-0.3, -0.25) is 4.79 Å². The van der Waals surface area contributed by atoms with Crippen LogP contribution in [0.3, 0.4) is 0 Å². The van der Waals surface area contributed by atoms with Gasteiger partial charge in [-0.15, -0.1) is 0 Å². The van der Waals surface area contributed by atoms with Crippen LogP contribution in [-0.2, 0) is 0 Å². The predicted octanol–water partition coefficient (Wildman–Crippen LogP) is 0.973. The van der Waals surface area contributed by atoms with Crippen LogP contribution in [0.5, 0.6) is 0 Å². The summed E-state index contributed by atoms with van der Waals surface area (Å²) in [6.45, 7) is 2.11. The fraction of sp³-hybridized carbons (Fsp3) is 0.455. The lowest BCUT2D eigenvalue weighted by atomic mass is 10.2. The first-order valence-corrected chi connectivity index (χ1v) is 5.40. The van der Waals surface area contributed by atoms with Crippen molar-refractivity contribution < 1.29 is 4.79 Å². The van der Waals surface area contributed by atoms with E-state index in [9.17, 15) is 4.79 Å². The highest BCUT2D eigenvalue weighted by molar-refractivity contribution is 5.98. The number of primary amides is 1. The van der Waals surface area contributed by atoms with Crippen LogP contribution in [0.1, 0.15) is 30.1 Å². The van der Waals surface area contributed by atoms with Crippen molar-refractivity contribution >= 4 is 17.4 Å². The fourth-order valence-corrected chi connectivity index (χ4v) is 1.71. The Bertz CT molecular complexity index is 414. The molecule has 0 aliphatic heterocycles. The minimum absolute atomic E-state index is 0.317. The Morgan fingerprint density at radius 3 is 2.88 bits per heavy atom. The molecule has 86 valence electrons. The molecule has 1 aliphatic rings. The zero-order valence-corrected chi connectivity index (χ0v) is 9.23. The van der Waals surface area contributed by atoms with Gasteiger partial charge in [0, 0.05) is 6.04 Å². The summed E-state index contributed by atoms with van der Waals surface area (Å²) in [5, 5.41) is 3.25. The molecule has 1 aromatic rings. The van der Waals surface area contributed by atoms with Gasteiger partial charge in [-0.1, -0.05) is 0 Å². The summed E-state index contributed by atoms with van der Waals surface area (Å²) >= 11 is 0. The van der Waals surface area contributed by atoms with Crippen molar-refractivity contribution in [1.82, 2.24) is 4.98 Å². The topological polar surface area (TPSA) is 94.0 Å². The van der Waals surface area contributed by atoms with Gasteiger partial charge in [0.05, 0.1) is 17.4 Å². The summed E-state index contributed by atoms with van der Waals surface area (Å²) in [6, 6.07) is 1.98. The molecule has 1 amide bonds. The van der Waals surface area contributed by atoms with Crippen LogP contribution in [0.2, 0.25) is 0 Å². The summed E-state index contributed by atoms with van der Waals surface area (Å²) in [5.74, 6) is 0.848. The van der Waals surface area contributed by atoms with Crippen LogP contribution in [0, 0.1) is 5.92 Å². The van der Waals surface area contributed by atoms with Crippen LogP contribution >= 0.6 is 0 Å². The number of anilines is 2. The standard InChI is InChI=1S/C11H16N4O/c1-6(7-2-3-7)15-10-4-8(11(13)16)9(12)5-14-10/h4-7H,2-3,12H2,1H3,(H2,13,16)(H,14,15). The molecule has 1 aromatic heterocycles. The molecule has 1 aliphatic carbocycles. The van der Waals surface area contributed by atoms with Crippen LogP contribution < -0.4 is 16.8 Å². The molecular weight excluding hydrogens is 204 g/mol. The van der Waals surface area contributed by atoms with Crippen LogP contribution in [-0.4, -0.2) is 16.9 Å². The molecular formula is C11H16N4O. The first-order valence-electron chi connectivity index (χ1n) is 5.40. The van der Waals surface area contributed by atoms with Gasteiger partial charge < -0.3 is 16.8 Å². The Balaban J connectivity index is 2.15. The summed E-state index contributed by atoms with van der Waals surface area (Å²) in [5.41, 5.74) is 11.5. The second-order valence-corrected chi connectivity index (χ2v) is 4.29. The third-order valence-electron chi connectivity index (χ3n) is 2.90. The lowest BCUT2D eigenvalue weighted by Gasteiger charge is -2.14. The summed E-state index contributed by atoms with van der Waals surface area (Å²) in [4.78, 5) is 15.2. The minimum atomic E-state index is -0.526. The van der Waals surface area contributed by atoms with Crippen molar-refractivity contribution in [3.05, 3.63) is 17.8 Å². The highest BCUT2D eigenvalue weighted by atomic mass is 16.1. The number of aromatic nitrogens is 1. The van der Waals surface area contributed by atoms with E-state index >= 15 is 0 Å². The molecule has 16 heavy (non-hydrogen) atoms. The molecule has 2 rings (SSSR count). The zero-order valence-electron chi connectivity index (χ0n) is 9.23. The van der Waals surface area contributed by atoms with Gasteiger partial charge in [-0.05, 0) is 31.7 Å². The molecule has 1 saturated carbocycles. The first-order chi connectivity index (χ1) is 7.58. The Morgan fingerprint density at radius 2 is 2.31 bits per heavy atom. The Labute approximate surface area is 94.2 Å². The highest BCUT2D eigenvalue weighted by Gasteiger charge is 2.28. The largest absolute Gasteiger partial charge is 0.397 e. The second-order valence-electron chi connectivity index (χ2n) is 4.29. The Morgan fingerprint density at radius 1 is 1.62 bits per heavy atom. The second kappa shape index (κ2) is 4.00. The molecule has 0 saturated heterocycles. The molecule has 1 unspecified atom stereocenters. The fourth-order valence-electron chi connectivity index (χ4n) is 1.71. The average Bonchev–Trinajstić information content (AvgIpc) is 3.03. The number of nitrogens with two attached hydrogens (primary N) is 2. The lowest BCUT2D eigenvalue weighted by Crippen LogP contribution is -2.20. The lowest BCUT2D eigenvalue weighted by molar-refractivity contribution is 0.100. The monoisotopic (exact) mass is 220 g/mol. The van der Waals surface area contributed by atoms with E-state index in [-0.39, 0.29) is 0 Å². The van der Waals surface area contributed by atoms with Gasteiger partial charge in [0.2, 0.25) is 0 Å². The molecule has 0 aromatic carbocycles. The number of nitrogens with one attached hydrogen (secondary N) is 1. The number of carbonyl (C=O) groups is 1. The quantitative estimate of drug-likeness (QED) is 0.704. The molecule has 1 heterocycles. The molecule has 0 spiro atoms. The maximum Gasteiger partial charge on any atom is 0.250 e. The van der Waals surface area contributed by atoms with E-state index in [1.807, 2.05) is 0 Å². The summed E-state index contributed by atoms with van der Waals surface area (Å²) in [7, 11) is 0. The molecule has 1 atom stereocenters. The number of nitrogens with zero attached hydrogens (tertiary/aromatic N) is 1. The van der Waals surface area contributed by atoms with Crippen molar-refractivity contribution in [2.45, 2.75) is 25.8 Å². The SMILES string of the molecule is CC(Nc1cc(C(N)=O)c(N)cn1)C1CC1. The number of hydrogen-bond acceptors (Lipinski definition) is 4. The third-order valence-corrected chi connectivity index (χ3v) is 2.90. The van der Waals surface area contributed by atoms with E-state index in [0.717, 1.165) is 5.92 Å². The highest BCUT2D eigenvalue weighted by Crippen LogP contribution is 2.33. The molecule has 1 fully saturated rings. The van der Waals surface area contributed by atoms with E-state index in [1.165, 1.54) is 19.0 Å². The number of pyridine rings is 1. The number of carbonyl (C=O) groups excluding carboxylic acids is 1. The first kappa shape index (κ1) is 10.7. The molecule has 5 heteroatoms. The molecule has 5 nitrogen and oxygen atoms in total. The van der Waals surface area contributed by atoms with Crippen molar-refractivity contribution in [1.29, 1.82) is 0 Å². The molecule has 5 N–H and O–H groups in total. The maximum atomic E-state index is 11.1. The van der Waals surface area contributed by atoms with Crippen LogP contribution in [0.15, 0.2) is 12.3 Å². The molecule has 0 radical (unpaired) electrons. The molecule has 0 bridgehead atoms. The minimum Gasteiger partial charge on any atom is -0.397 e. The number of hydrogen-bond donors (Lipinski definition) is 3. The van der Waals surface area contributed by atoms with Crippen molar-refractivity contribution in [2.75, 3.05) is 11.1 Å². The Hall–Kier alpha value is -1.78. The Kier molecular flexibility index (Phi) is 2.68. The van der Waals surface area contributed by atoms with E-state index in [2.05, 4.69) is 17.2 Å². The van der Waals surface area contributed by atoms with E-state index in [0.29, 0.717) is 23.1 Å². The van der Waals surface area contributed by atoms with Crippen molar-refractivity contribution in [3.8, 4) is 0 Å². The zero-order chi connectivity index (χ0) is 11.7. The average molecular weight is 220 g/mol. The van der Waals surface area contributed by atoms with E-state index in [4.69, 9.17) is 11.5 Å². The van der Waals surface area contributed by atoms with Crippen molar-refractivity contribution in [3.63, 3.8) is 0 Å². The smallest absolute Gasteiger partial charge is 0.250 e. The van der Waals surface area contributed by atoms with Crippen LogP contribution in [0.4, 0.5) is 11.5 Å². The van der Waals surface area contributed by atoms with E-state index < -0.39 is 5.91 Å². The van der Waals surface area contributed by atoms with Gasteiger partial charge >= 0.3 is 0 Å². The normalized spacial score (nSPS) is 16.8. The van der Waals surface area contributed by atoms with Gasteiger partial charge in [0.15, 0.2) is 0 Å². The summed E-state index contributed by atoms with van der Waals surface area (Å²) in [6.07, 6.45) is 3.97. The van der Waals surface area contributed by atoms with Crippen LogP contribution in [0.25, 0.3) is 0 Å². The number of amides is 1.